The van der Waals surface area contributed by atoms with Crippen molar-refractivity contribution in [3.63, 3.8) is 0 Å². The van der Waals surface area contributed by atoms with Gasteiger partial charge in [-0.15, -0.1) is 0 Å². The van der Waals surface area contributed by atoms with Crippen LogP contribution in [0.3, 0.4) is 0 Å². The minimum Gasteiger partial charge on any atom is -0.321 e. The number of aromatic nitrogens is 2. The highest BCUT2D eigenvalue weighted by atomic mass is 35.5. The van der Waals surface area contributed by atoms with Crippen LogP contribution in [0.4, 0.5) is 5.69 Å². The van der Waals surface area contributed by atoms with Crippen molar-refractivity contribution >= 4 is 23.2 Å². The minimum absolute atomic E-state index is 0.171. The molecule has 1 aromatic carbocycles. The van der Waals surface area contributed by atoms with Crippen LogP contribution in [0, 0.1) is 0 Å². The zero-order valence-corrected chi connectivity index (χ0v) is 8.84. The Balaban J connectivity index is 2.16. The van der Waals surface area contributed by atoms with E-state index in [-0.39, 0.29) is 11.3 Å². The fourth-order valence-electron chi connectivity index (χ4n) is 1.22. The lowest BCUT2D eigenvalue weighted by atomic mass is 10.3. The number of carbonyl (C=O) groups excluding carboxylic acids is 1. The number of hydrogen-bond acceptors (Lipinski definition) is 2. The lowest BCUT2D eigenvalue weighted by Crippen LogP contribution is -2.12. The Morgan fingerprint density at radius 1 is 1.25 bits per heavy atom. The average Bonchev–Trinajstić information content (AvgIpc) is 2.65. The van der Waals surface area contributed by atoms with Gasteiger partial charge in [0.25, 0.3) is 11.5 Å². The van der Waals surface area contributed by atoms with Crippen molar-refractivity contribution in [1.29, 1.82) is 0 Å². The molecule has 3 N–H and O–H groups in total. The third kappa shape index (κ3) is 2.32. The van der Waals surface area contributed by atoms with Gasteiger partial charge in [0.15, 0.2) is 0 Å². The van der Waals surface area contributed by atoms with Crippen molar-refractivity contribution in [1.82, 2.24) is 10.2 Å². The maximum atomic E-state index is 11.6. The summed E-state index contributed by atoms with van der Waals surface area (Å²) in [4.78, 5) is 22.4. The van der Waals surface area contributed by atoms with E-state index in [0.29, 0.717) is 10.7 Å². The molecule has 1 aromatic heterocycles. The first-order valence-corrected chi connectivity index (χ1v) is 4.87. The zero-order chi connectivity index (χ0) is 11.5. The molecule has 0 spiro atoms. The molecule has 1 heterocycles. The molecule has 5 nitrogen and oxygen atoms in total. The number of amides is 1. The Bertz CT molecular complexity index is 573. The van der Waals surface area contributed by atoms with Gasteiger partial charge in [0.1, 0.15) is 5.69 Å². The van der Waals surface area contributed by atoms with Gasteiger partial charge < -0.3 is 5.32 Å². The summed E-state index contributed by atoms with van der Waals surface area (Å²) in [5, 5.41) is 7.86. The van der Waals surface area contributed by atoms with Crippen molar-refractivity contribution in [2.45, 2.75) is 0 Å². The molecule has 0 saturated heterocycles. The van der Waals surface area contributed by atoms with Gasteiger partial charge in [0.05, 0.1) is 0 Å². The number of rotatable bonds is 2. The van der Waals surface area contributed by atoms with Crippen molar-refractivity contribution < 1.29 is 4.79 Å². The fraction of sp³-hybridized carbons (Fsp3) is 0. The summed E-state index contributed by atoms with van der Waals surface area (Å²) < 4.78 is 0. The summed E-state index contributed by atoms with van der Waals surface area (Å²) in [5.41, 5.74) is 0.390. The van der Waals surface area contributed by atoms with E-state index in [0.717, 1.165) is 0 Å². The van der Waals surface area contributed by atoms with E-state index in [1.807, 2.05) is 0 Å². The maximum Gasteiger partial charge on any atom is 0.273 e. The van der Waals surface area contributed by atoms with E-state index < -0.39 is 5.91 Å². The van der Waals surface area contributed by atoms with E-state index in [4.69, 9.17) is 11.6 Å². The molecule has 6 heteroatoms. The van der Waals surface area contributed by atoms with E-state index in [1.54, 1.807) is 24.3 Å². The van der Waals surface area contributed by atoms with Crippen LogP contribution in [0.2, 0.25) is 5.02 Å². The Kier molecular flexibility index (Phi) is 2.78. The van der Waals surface area contributed by atoms with Gasteiger partial charge >= 0.3 is 0 Å². The van der Waals surface area contributed by atoms with Crippen molar-refractivity contribution in [3.8, 4) is 0 Å². The van der Waals surface area contributed by atoms with Crippen LogP contribution in [0.15, 0.2) is 35.1 Å². The summed E-state index contributed by atoms with van der Waals surface area (Å²) in [6.07, 6.45) is 0. The van der Waals surface area contributed by atoms with E-state index in [1.165, 1.54) is 6.07 Å². The molecule has 0 bridgehead atoms. The standard InChI is InChI=1S/C10H8ClN3O2/c11-6-2-1-3-7(4-6)12-10(16)8-5-9(15)14-13-8/h1-5H,(H,12,16)(H2,13,14,15). The van der Waals surface area contributed by atoms with Crippen LogP contribution < -0.4 is 10.9 Å². The summed E-state index contributed by atoms with van der Waals surface area (Å²) in [6, 6.07) is 7.92. The largest absolute Gasteiger partial charge is 0.321 e. The number of halogens is 1. The van der Waals surface area contributed by atoms with Gasteiger partial charge in [-0.2, -0.15) is 0 Å². The number of nitrogens with one attached hydrogen (secondary N) is 3. The smallest absolute Gasteiger partial charge is 0.273 e. The molecule has 0 aliphatic rings. The second-order valence-corrected chi connectivity index (χ2v) is 3.57. The molecule has 0 fully saturated rings. The minimum atomic E-state index is -0.402. The molecule has 0 atom stereocenters. The van der Waals surface area contributed by atoms with E-state index in [9.17, 15) is 9.59 Å². The molecule has 16 heavy (non-hydrogen) atoms. The molecule has 0 aliphatic carbocycles. The first kappa shape index (κ1) is 10.5. The Morgan fingerprint density at radius 3 is 2.69 bits per heavy atom. The van der Waals surface area contributed by atoms with E-state index >= 15 is 0 Å². The van der Waals surface area contributed by atoms with Crippen LogP contribution in [0.1, 0.15) is 10.5 Å². The fourth-order valence-corrected chi connectivity index (χ4v) is 1.41. The predicted octanol–water partition coefficient (Wildman–Crippen LogP) is 1.61. The average molecular weight is 238 g/mol. The van der Waals surface area contributed by atoms with Gasteiger partial charge in [-0.3, -0.25) is 19.8 Å². The normalized spacial score (nSPS) is 10.1. The molecule has 0 saturated carbocycles. The highest BCUT2D eigenvalue weighted by Crippen LogP contribution is 2.15. The molecular weight excluding hydrogens is 230 g/mol. The topological polar surface area (TPSA) is 77.8 Å². The van der Waals surface area contributed by atoms with Crippen LogP contribution in [0.25, 0.3) is 0 Å². The molecule has 2 rings (SSSR count). The lowest BCUT2D eigenvalue weighted by molar-refractivity contribution is 0.102. The maximum absolute atomic E-state index is 11.6. The summed E-state index contributed by atoms with van der Waals surface area (Å²) >= 11 is 5.76. The third-order valence-corrected chi connectivity index (χ3v) is 2.16. The zero-order valence-electron chi connectivity index (χ0n) is 8.08. The number of hydrogen-bond donors (Lipinski definition) is 3. The monoisotopic (exact) mass is 237 g/mol. The number of aromatic amines is 2. The lowest BCUT2D eigenvalue weighted by Gasteiger charge is -2.03. The molecule has 2 aromatic rings. The SMILES string of the molecule is O=C(Nc1cccc(Cl)c1)c1cc(=O)[nH][nH]1. The number of anilines is 1. The van der Waals surface area contributed by atoms with Gasteiger partial charge in [-0.1, -0.05) is 17.7 Å². The van der Waals surface area contributed by atoms with Gasteiger partial charge in [-0.25, -0.2) is 0 Å². The summed E-state index contributed by atoms with van der Waals surface area (Å²) in [5.74, 6) is -0.402. The number of benzene rings is 1. The van der Waals surface area contributed by atoms with Gasteiger partial charge in [0.2, 0.25) is 0 Å². The highest BCUT2D eigenvalue weighted by molar-refractivity contribution is 6.30. The third-order valence-electron chi connectivity index (χ3n) is 1.92. The van der Waals surface area contributed by atoms with E-state index in [2.05, 4.69) is 15.5 Å². The van der Waals surface area contributed by atoms with Crippen LogP contribution in [0.5, 0.6) is 0 Å². The molecule has 0 radical (unpaired) electrons. The summed E-state index contributed by atoms with van der Waals surface area (Å²) in [6.45, 7) is 0. The van der Waals surface area contributed by atoms with Crippen LogP contribution in [-0.2, 0) is 0 Å². The van der Waals surface area contributed by atoms with Gasteiger partial charge in [0, 0.05) is 16.8 Å². The molecule has 0 unspecified atom stereocenters. The van der Waals surface area contributed by atoms with Crippen LogP contribution >= 0.6 is 11.6 Å². The first-order chi connectivity index (χ1) is 7.65. The van der Waals surface area contributed by atoms with Crippen LogP contribution in [-0.4, -0.2) is 16.1 Å². The molecule has 82 valence electrons. The number of carbonyl (C=O) groups is 1. The molecular formula is C10H8ClN3O2. The number of H-pyrrole nitrogens is 2. The van der Waals surface area contributed by atoms with Crippen molar-refractivity contribution in [3.05, 3.63) is 51.4 Å². The quantitative estimate of drug-likeness (QED) is 0.742. The van der Waals surface area contributed by atoms with Crippen molar-refractivity contribution in [2.75, 3.05) is 5.32 Å². The highest BCUT2D eigenvalue weighted by Gasteiger charge is 2.08. The Morgan fingerprint density at radius 2 is 2.06 bits per heavy atom. The molecule has 1 amide bonds. The summed E-state index contributed by atoms with van der Waals surface area (Å²) in [7, 11) is 0. The molecule has 0 aliphatic heterocycles. The van der Waals surface area contributed by atoms with Crippen molar-refractivity contribution in [2.24, 2.45) is 0 Å². The second-order valence-electron chi connectivity index (χ2n) is 3.14. The first-order valence-electron chi connectivity index (χ1n) is 4.50. The Labute approximate surface area is 95.4 Å². The predicted molar refractivity (Wildman–Crippen MR) is 60.8 cm³/mol. The second kappa shape index (κ2) is 4.24. The Hall–Kier alpha value is -2.01. The van der Waals surface area contributed by atoms with Gasteiger partial charge in [-0.05, 0) is 18.2 Å².